The van der Waals surface area contributed by atoms with Crippen LogP contribution in [0, 0.1) is 12.3 Å². The summed E-state index contributed by atoms with van der Waals surface area (Å²) >= 11 is 0. The molecule has 2 heterocycles. The maximum Gasteiger partial charge on any atom is 0.254 e. The number of nitrogens with zero attached hydrogens (tertiary/aromatic N) is 2. The van der Waals surface area contributed by atoms with E-state index < -0.39 is 0 Å². The Kier molecular flexibility index (Phi) is 5.08. The van der Waals surface area contributed by atoms with Crippen LogP contribution in [0.4, 0.5) is 0 Å². The number of hydrogen-bond donors (Lipinski definition) is 1. The van der Waals surface area contributed by atoms with Crippen molar-refractivity contribution in [2.75, 3.05) is 26.2 Å². The first-order chi connectivity index (χ1) is 12.3. The molecule has 2 amide bonds. The highest BCUT2D eigenvalue weighted by atomic mass is 16.3. The molecule has 0 saturated carbocycles. The van der Waals surface area contributed by atoms with Crippen LogP contribution >= 0.6 is 0 Å². The summed E-state index contributed by atoms with van der Waals surface area (Å²) in [5.41, 5.74) is 2.42. The molecule has 140 valence electrons. The highest BCUT2D eigenvalue weighted by Gasteiger charge is 2.45. The van der Waals surface area contributed by atoms with Crippen LogP contribution in [0.5, 0.6) is 5.75 Å². The Morgan fingerprint density at radius 3 is 2.62 bits per heavy atom. The van der Waals surface area contributed by atoms with Crippen LogP contribution in [0.25, 0.3) is 0 Å². The summed E-state index contributed by atoms with van der Waals surface area (Å²) in [7, 11) is 0. The summed E-state index contributed by atoms with van der Waals surface area (Å²) < 4.78 is 0. The number of benzene rings is 1. The molecule has 26 heavy (non-hydrogen) atoms. The maximum absolute atomic E-state index is 12.8. The van der Waals surface area contributed by atoms with Crippen LogP contribution in [0.3, 0.4) is 0 Å². The van der Waals surface area contributed by atoms with Gasteiger partial charge in [0, 0.05) is 49.1 Å². The number of allylic oxidation sites excluding steroid dienone is 1. The molecule has 0 bridgehead atoms. The summed E-state index contributed by atoms with van der Waals surface area (Å²) in [6.45, 7) is 8.67. The number of phenolic OH excluding ortho intramolecular Hbond substituents is 1. The quantitative estimate of drug-likeness (QED) is 0.847. The fourth-order valence-electron chi connectivity index (χ4n) is 3.99. The first-order valence-electron chi connectivity index (χ1n) is 9.30. The fourth-order valence-corrected chi connectivity index (χ4v) is 3.99. The van der Waals surface area contributed by atoms with E-state index in [1.54, 1.807) is 25.1 Å². The lowest BCUT2D eigenvalue weighted by molar-refractivity contribution is -0.127. The zero-order valence-corrected chi connectivity index (χ0v) is 15.9. The molecular formula is C21H28N2O3. The van der Waals surface area contributed by atoms with Gasteiger partial charge < -0.3 is 14.9 Å². The van der Waals surface area contributed by atoms with Gasteiger partial charge in [0.15, 0.2) is 0 Å². The van der Waals surface area contributed by atoms with Gasteiger partial charge in [-0.1, -0.05) is 17.7 Å². The van der Waals surface area contributed by atoms with Gasteiger partial charge >= 0.3 is 0 Å². The standard InChI is InChI=1S/C21H28N2O3/c1-15(2)7-10-23-14-21(13-19(23)25)8-11-22(12-9-21)20(26)17-5-4-6-18(24)16(17)3/h4-7,24H,8-14H2,1-3H3. The molecule has 1 aromatic carbocycles. The summed E-state index contributed by atoms with van der Waals surface area (Å²) in [6.07, 6.45) is 4.40. The molecule has 2 fully saturated rings. The van der Waals surface area contributed by atoms with Gasteiger partial charge in [-0.25, -0.2) is 0 Å². The predicted octanol–water partition coefficient (Wildman–Crippen LogP) is 3.12. The number of phenols is 1. The molecule has 5 heteroatoms. The van der Waals surface area contributed by atoms with E-state index in [9.17, 15) is 14.7 Å². The van der Waals surface area contributed by atoms with Gasteiger partial charge in [-0.15, -0.1) is 0 Å². The predicted molar refractivity (Wildman–Crippen MR) is 101 cm³/mol. The Morgan fingerprint density at radius 1 is 1.27 bits per heavy atom. The van der Waals surface area contributed by atoms with E-state index >= 15 is 0 Å². The number of rotatable bonds is 3. The molecule has 1 N–H and O–H groups in total. The average Bonchev–Trinajstić information content (AvgIpc) is 2.91. The second-order valence-electron chi connectivity index (χ2n) is 7.97. The first-order valence-corrected chi connectivity index (χ1v) is 9.30. The largest absolute Gasteiger partial charge is 0.508 e. The Labute approximate surface area is 155 Å². The van der Waals surface area contributed by atoms with Gasteiger partial charge in [-0.2, -0.15) is 0 Å². The normalized spacial score (nSPS) is 19.1. The third-order valence-electron chi connectivity index (χ3n) is 5.77. The minimum atomic E-state index is -0.0287. The van der Waals surface area contributed by atoms with E-state index in [0.717, 1.165) is 19.4 Å². The average molecular weight is 356 g/mol. The van der Waals surface area contributed by atoms with Crippen molar-refractivity contribution < 1.29 is 14.7 Å². The fraction of sp³-hybridized carbons (Fsp3) is 0.524. The number of piperidine rings is 1. The van der Waals surface area contributed by atoms with Crippen molar-refractivity contribution >= 4 is 11.8 Å². The van der Waals surface area contributed by atoms with Gasteiger partial charge in [0.05, 0.1) is 0 Å². The monoisotopic (exact) mass is 356 g/mol. The Morgan fingerprint density at radius 2 is 1.96 bits per heavy atom. The zero-order valence-electron chi connectivity index (χ0n) is 15.9. The number of carbonyl (C=O) groups excluding carboxylic acids is 2. The molecular weight excluding hydrogens is 328 g/mol. The van der Waals surface area contributed by atoms with Crippen LogP contribution in [0.1, 0.15) is 49.0 Å². The minimum absolute atomic E-state index is 0.0111. The van der Waals surface area contributed by atoms with Crippen LogP contribution in [-0.4, -0.2) is 52.9 Å². The molecule has 0 aliphatic carbocycles. The first kappa shape index (κ1) is 18.5. The number of likely N-dealkylation sites (tertiary alicyclic amines) is 2. The SMILES string of the molecule is CC(C)=CCN1CC2(CCN(C(=O)c3cccc(O)c3C)CC2)CC1=O. The number of carbonyl (C=O) groups is 2. The van der Waals surface area contributed by atoms with Gasteiger partial charge in [0.25, 0.3) is 5.91 Å². The molecule has 1 spiro atoms. The van der Waals surface area contributed by atoms with E-state index in [4.69, 9.17) is 0 Å². The lowest BCUT2D eigenvalue weighted by atomic mass is 9.77. The van der Waals surface area contributed by atoms with Gasteiger partial charge in [-0.05, 0) is 45.7 Å². The smallest absolute Gasteiger partial charge is 0.254 e. The van der Waals surface area contributed by atoms with Crippen LogP contribution in [-0.2, 0) is 4.79 Å². The second kappa shape index (κ2) is 7.14. The third-order valence-corrected chi connectivity index (χ3v) is 5.77. The van der Waals surface area contributed by atoms with Crippen molar-refractivity contribution in [3.63, 3.8) is 0 Å². The number of amides is 2. The van der Waals surface area contributed by atoms with E-state index in [1.807, 2.05) is 23.6 Å². The van der Waals surface area contributed by atoms with Crippen molar-refractivity contribution in [1.82, 2.24) is 9.80 Å². The Hall–Kier alpha value is -2.30. The summed E-state index contributed by atoms with van der Waals surface area (Å²) in [6, 6.07) is 5.07. The second-order valence-corrected chi connectivity index (χ2v) is 7.97. The maximum atomic E-state index is 12.8. The lowest BCUT2D eigenvalue weighted by Gasteiger charge is -2.39. The lowest BCUT2D eigenvalue weighted by Crippen LogP contribution is -2.44. The molecule has 0 atom stereocenters. The summed E-state index contributed by atoms with van der Waals surface area (Å²) in [5, 5.41) is 9.84. The summed E-state index contributed by atoms with van der Waals surface area (Å²) in [4.78, 5) is 29.0. The molecule has 5 nitrogen and oxygen atoms in total. The van der Waals surface area contributed by atoms with E-state index in [1.165, 1.54) is 5.57 Å². The number of hydrogen-bond acceptors (Lipinski definition) is 3. The zero-order chi connectivity index (χ0) is 18.9. The van der Waals surface area contributed by atoms with Gasteiger partial charge in [0.1, 0.15) is 5.75 Å². The Bertz CT molecular complexity index is 742. The van der Waals surface area contributed by atoms with Crippen molar-refractivity contribution in [2.45, 2.75) is 40.0 Å². The van der Waals surface area contributed by atoms with Crippen LogP contribution < -0.4 is 0 Å². The molecule has 0 unspecified atom stereocenters. The number of aromatic hydroxyl groups is 1. The van der Waals surface area contributed by atoms with Crippen LogP contribution in [0.2, 0.25) is 0 Å². The van der Waals surface area contributed by atoms with Gasteiger partial charge in [0.2, 0.25) is 5.91 Å². The third kappa shape index (κ3) is 3.62. The highest BCUT2D eigenvalue weighted by molar-refractivity contribution is 5.96. The van der Waals surface area contributed by atoms with Crippen molar-refractivity contribution in [2.24, 2.45) is 5.41 Å². The topological polar surface area (TPSA) is 60.9 Å². The van der Waals surface area contributed by atoms with Crippen LogP contribution in [0.15, 0.2) is 29.8 Å². The van der Waals surface area contributed by atoms with E-state index in [-0.39, 0.29) is 23.0 Å². The molecule has 2 aliphatic rings. The summed E-state index contributed by atoms with van der Waals surface area (Å²) in [5.74, 6) is 0.353. The van der Waals surface area contributed by atoms with Crippen molar-refractivity contribution in [3.8, 4) is 5.75 Å². The van der Waals surface area contributed by atoms with Gasteiger partial charge in [-0.3, -0.25) is 9.59 Å². The van der Waals surface area contributed by atoms with Crippen molar-refractivity contribution in [3.05, 3.63) is 41.0 Å². The minimum Gasteiger partial charge on any atom is -0.508 e. The van der Waals surface area contributed by atoms with E-state index in [0.29, 0.717) is 37.2 Å². The molecule has 0 radical (unpaired) electrons. The van der Waals surface area contributed by atoms with Crippen molar-refractivity contribution in [1.29, 1.82) is 0 Å². The highest BCUT2D eigenvalue weighted by Crippen LogP contribution is 2.41. The molecule has 2 saturated heterocycles. The Balaban J connectivity index is 1.64. The molecule has 0 aromatic heterocycles. The molecule has 1 aromatic rings. The molecule has 2 aliphatic heterocycles. The van der Waals surface area contributed by atoms with E-state index in [2.05, 4.69) is 6.08 Å². The molecule has 3 rings (SSSR count).